The fourth-order valence-electron chi connectivity index (χ4n) is 5.00. The van der Waals surface area contributed by atoms with E-state index in [-0.39, 0.29) is 29.6 Å². The molecule has 0 bridgehead atoms. The van der Waals surface area contributed by atoms with E-state index in [1.165, 1.54) is 0 Å². The first kappa shape index (κ1) is 22.5. The Morgan fingerprint density at radius 1 is 1.31 bits per heavy atom. The van der Waals surface area contributed by atoms with Crippen LogP contribution < -0.4 is 0 Å². The summed E-state index contributed by atoms with van der Waals surface area (Å²) in [6.45, 7) is 8.75. The molecule has 0 N–H and O–H groups in total. The summed E-state index contributed by atoms with van der Waals surface area (Å²) in [5.41, 5.74) is 1.24. The summed E-state index contributed by atoms with van der Waals surface area (Å²) in [7, 11) is 0. The third kappa shape index (κ3) is 4.58. The number of piperidine rings is 2. The van der Waals surface area contributed by atoms with E-state index >= 15 is 0 Å². The van der Waals surface area contributed by atoms with Crippen LogP contribution in [0.3, 0.4) is 0 Å². The van der Waals surface area contributed by atoms with Crippen LogP contribution >= 0.6 is 0 Å². The van der Waals surface area contributed by atoms with Crippen LogP contribution in [-0.2, 0) is 16.1 Å². The molecule has 2 aromatic rings. The van der Waals surface area contributed by atoms with Crippen molar-refractivity contribution in [2.24, 2.45) is 5.41 Å². The predicted molar refractivity (Wildman–Crippen MR) is 120 cm³/mol. The summed E-state index contributed by atoms with van der Waals surface area (Å²) < 4.78 is 11.4. The molecule has 2 aliphatic rings. The first-order chi connectivity index (χ1) is 15.4. The van der Waals surface area contributed by atoms with Gasteiger partial charge in [-0.15, -0.1) is 0 Å². The zero-order valence-corrected chi connectivity index (χ0v) is 19.3. The molecule has 0 radical (unpaired) electrons. The molecule has 1 spiro atoms. The molecule has 0 saturated carbocycles. The Hall–Kier alpha value is -2.67. The number of likely N-dealkylation sites (tertiary alicyclic amines) is 2. The van der Waals surface area contributed by atoms with Crippen molar-refractivity contribution in [2.75, 3.05) is 26.2 Å². The van der Waals surface area contributed by atoms with Crippen molar-refractivity contribution < 1.29 is 18.8 Å². The van der Waals surface area contributed by atoms with Crippen LogP contribution in [0.1, 0.15) is 67.8 Å². The Kier molecular flexibility index (Phi) is 6.65. The summed E-state index contributed by atoms with van der Waals surface area (Å²) in [6, 6.07) is 11.8. The molecule has 0 aliphatic carbocycles. The Morgan fingerprint density at radius 2 is 2.09 bits per heavy atom. The first-order valence-corrected chi connectivity index (χ1v) is 11.6. The number of hydrogen-bond acceptors (Lipinski definition) is 5. The van der Waals surface area contributed by atoms with Crippen molar-refractivity contribution in [2.45, 2.75) is 58.6 Å². The highest BCUT2D eigenvalue weighted by atomic mass is 16.5. The highest BCUT2D eigenvalue weighted by Gasteiger charge is 2.50. The minimum atomic E-state index is -0.623. The summed E-state index contributed by atoms with van der Waals surface area (Å²) in [5.74, 6) is 0.364. The number of rotatable bonds is 6. The average molecular weight is 440 g/mol. The van der Waals surface area contributed by atoms with Crippen LogP contribution in [0.4, 0.5) is 0 Å². The molecule has 1 aromatic heterocycles. The normalized spacial score (nSPS) is 23.9. The maximum atomic E-state index is 13.8. The predicted octanol–water partition coefficient (Wildman–Crippen LogP) is 3.86. The molecule has 7 nitrogen and oxygen atoms in total. The van der Waals surface area contributed by atoms with Gasteiger partial charge in [-0.2, -0.15) is 0 Å². The Morgan fingerprint density at radius 3 is 2.78 bits per heavy atom. The number of hydrogen-bond donors (Lipinski definition) is 0. The van der Waals surface area contributed by atoms with Crippen molar-refractivity contribution in [3.8, 4) is 0 Å². The van der Waals surface area contributed by atoms with E-state index < -0.39 is 5.41 Å². The molecule has 32 heavy (non-hydrogen) atoms. The van der Waals surface area contributed by atoms with Crippen molar-refractivity contribution in [3.05, 3.63) is 53.4 Å². The lowest BCUT2D eigenvalue weighted by molar-refractivity contribution is -0.159. The second-order valence-electron chi connectivity index (χ2n) is 9.33. The van der Waals surface area contributed by atoms with Gasteiger partial charge in [-0.3, -0.25) is 9.59 Å². The van der Waals surface area contributed by atoms with Gasteiger partial charge in [-0.05, 0) is 37.7 Å². The van der Waals surface area contributed by atoms with Gasteiger partial charge in [0.25, 0.3) is 5.91 Å². The molecule has 2 aliphatic heterocycles. The molecule has 0 unspecified atom stereocenters. The van der Waals surface area contributed by atoms with Gasteiger partial charge < -0.3 is 19.1 Å². The Bertz CT molecular complexity index is 942. The minimum Gasteiger partial charge on any atom is -0.377 e. The lowest BCUT2D eigenvalue weighted by atomic mass is 9.72. The number of amides is 2. The van der Waals surface area contributed by atoms with Gasteiger partial charge in [0, 0.05) is 38.9 Å². The van der Waals surface area contributed by atoms with Gasteiger partial charge in [0.15, 0.2) is 0 Å². The van der Waals surface area contributed by atoms with Gasteiger partial charge in [-0.1, -0.05) is 49.3 Å². The largest absolute Gasteiger partial charge is 0.377 e. The van der Waals surface area contributed by atoms with Gasteiger partial charge in [-0.25, -0.2) is 0 Å². The molecule has 2 fully saturated rings. The second kappa shape index (κ2) is 9.45. The summed E-state index contributed by atoms with van der Waals surface area (Å²) >= 11 is 0. The summed E-state index contributed by atoms with van der Waals surface area (Å²) in [5, 5.41) is 4.03. The SMILES string of the molecule is CCO[C@@H]1CN(Cc2ccccc2)C(=O)[C@@]2(CCCN(C(=O)c3cc(C(C)C)no3)C2)C1. The van der Waals surface area contributed by atoms with E-state index in [1.807, 2.05) is 56.0 Å². The molecule has 3 heterocycles. The number of ether oxygens (including phenoxy) is 1. The highest BCUT2D eigenvalue weighted by molar-refractivity contribution is 5.92. The monoisotopic (exact) mass is 439 g/mol. The van der Waals surface area contributed by atoms with E-state index in [0.29, 0.717) is 39.2 Å². The molecular weight excluding hydrogens is 406 g/mol. The summed E-state index contributed by atoms with van der Waals surface area (Å²) in [4.78, 5) is 30.6. The van der Waals surface area contributed by atoms with Crippen LogP contribution in [0.2, 0.25) is 0 Å². The molecule has 2 amide bonds. The number of aromatic nitrogens is 1. The minimum absolute atomic E-state index is 0.0331. The van der Waals surface area contributed by atoms with E-state index in [9.17, 15) is 9.59 Å². The lowest BCUT2D eigenvalue weighted by Crippen LogP contribution is -2.60. The first-order valence-electron chi connectivity index (χ1n) is 11.6. The molecule has 172 valence electrons. The Balaban J connectivity index is 1.56. The van der Waals surface area contributed by atoms with Crippen LogP contribution in [0, 0.1) is 5.41 Å². The molecular formula is C25H33N3O4. The van der Waals surface area contributed by atoms with Gasteiger partial charge in [0.05, 0.1) is 17.2 Å². The van der Waals surface area contributed by atoms with Crippen molar-refractivity contribution in [3.63, 3.8) is 0 Å². The summed E-state index contributed by atoms with van der Waals surface area (Å²) in [6.07, 6.45) is 2.15. The topological polar surface area (TPSA) is 75.9 Å². The molecule has 2 saturated heterocycles. The van der Waals surface area contributed by atoms with Crippen molar-refractivity contribution in [1.82, 2.24) is 15.0 Å². The number of carbonyl (C=O) groups excluding carboxylic acids is 2. The van der Waals surface area contributed by atoms with Crippen LogP contribution in [0.5, 0.6) is 0 Å². The third-order valence-corrected chi connectivity index (χ3v) is 6.60. The molecule has 2 atom stereocenters. The van der Waals surface area contributed by atoms with Crippen molar-refractivity contribution >= 4 is 11.8 Å². The molecule has 7 heteroatoms. The van der Waals surface area contributed by atoms with Crippen LogP contribution in [0.25, 0.3) is 0 Å². The van der Waals surface area contributed by atoms with E-state index in [0.717, 1.165) is 24.1 Å². The smallest absolute Gasteiger partial charge is 0.292 e. The van der Waals surface area contributed by atoms with Crippen molar-refractivity contribution in [1.29, 1.82) is 0 Å². The average Bonchev–Trinajstić information content (AvgIpc) is 3.29. The van der Waals surface area contributed by atoms with Gasteiger partial charge in [0.1, 0.15) is 0 Å². The van der Waals surface area contributed by atoms with E-state index in [4.69, 9.17) is 9.26 Å². The van der Waals surface area contributed by atoms with Crippen LogP contribution in [-0.4, -0.2) is 59.1 Å². The number of benzene rings is 1. The fourth-order valence-corrected chi connectivity index (χ4v) is 5.00. The standard InChI is InChI=1S/C25H33N3O4/c1-4-31-20-14-25(24(30)28(16-20)15-19-9-6-5-7-10-19)11-8-12-27(17-25)23(29)22-13-21(18(2)3)26-32-22/h5-7,9-10,13,18,20H,4,8,11-12,14-17H2,1-3H3/t20-,25-/m0/s1. The van der Waals surface area contributed by atoms with Gasteiger partial charge in [0.2, 0.25) is 11.7 Å². The fraction of sp³-hybridized carbons (Fsp3) is 0.560. The third-order valence-electron chi connectivity index (χ3n) is 6.60. The molecule has 1 aromatic carbocycles. The molecule has 4 rings (SSSR count). The maximum Gasteiger partial charge on any atom is 0.292 e. The lowest BCUT2D eigenvalue weighted by Gasteiger charge is -2.49. The maximum absolute atomic E-state index is 13.8. The highest BCUT2D eigenvalue weighted by Crippen LogP contribution is 2.41. The number of carbonyl (C=O) groups is 2. The van der Waals surface area contributed by atoms with E-state index in [2.05, 4.69) is 5.16 Å². The van der Waals surface area contributed by atoms with E-state index in [1.54, 1.807) is 11.0 Å². The zero-order chi connectivity index (χ0) is 22.7. The number of nitrogens with zero attached hydrogens (tertiary/aromatic N) is 3. The van der Waals surface area contributed by atoms with Crippen LogP contribution in [0.15, 0.2) is 40.9 Å². The van der Waals surface area contributed by atoms with Gasteiger partial charge >= 0.3 is 0 Å². The second-order valence-corrected chi connectivity index (χ2v) is 9.33. The zero-order valence-electron chi connectivity index (χ0n) is 19.3. The quantitative estimate of drug-likeness (QED) is 0.683. The Labute approximate surface area is 189 Å².